The van der Waals surface area contributed by atoms with E-state index in [-0.39, 0.29) is 11.7 Å². The van der Waals surface area contributed by atoms with Crippen LogP contribution in [0, 0.1) is 5.82 Å². The minimum atomic E-state index is -0.232. The zero-order chi connectivity index (χ0) is 19.5. The number of carbonyl (C=O) groups excluding carboxylic acids is 1. The molecule has 148 valence electrons. The van der Waals surface area contributed by atoms with Crippen LogP contribution in [0.4, 0.5) is 15.8 Å². The van der Waals surface area contributed by atoms with Crippen LogP contribution in [0.2, 0.25) is 5.02 Å². The topological polar surface area (TPSA) is 26.8 Å². The smallest absolute Gasteiger partial charge is 0.227 e. The molecular formula is C22H25ClFN3O. The van der Waals surface area contributed by atoms with Crippen molar-refractivity contribution >= 4 is 28.9 Å². The first-order valence-corrected chi connectivity index (χ1v) is 10.3. The molecule has 2 aromatic rings. The second kappa shape index (κ2) is 8.50. The number of amides is 1. The predicted octanol–water partition coefficient (Wildman–Crippen LogP) is 3.97. The van der Waals surface area contributed by atoms with Gasteiger partial charge >= 0.3 is 0 Å². The highest BCUT2D eigenvalue weighted by Gasteiger charge is 2.25. The van der Waals surface area contributed by atoms with Crippen molar-refractivity contribution in [2.75, 3.05) is 49.1 Å². The van der Waals surface area contributed by atoms with E-state index in [4.69, 9.17) is 11.6 Å². The number of fused-ring (bicyclic) bond motifs is 1. The lowest BCUT2D eigenvalue weighted by atomic mass is 10.1. The monoisotopic (exact) mass is 401 g/mol. The molecule has 0 unspecified atom stereocenters. The van der Waals surface area contributed by atoms with Crippen LogP contribution in [0.15, 0.2) is 42.5 Å². The third-order valence-electron chi connectivity index (χ3n) is 5.67. The van der Waals surface area contributed by atoms with Gasteiger partial charge in [-0.3, -0.25) is 9.69 Å². The Hall–Kier alpha value is -2.11. The summed E-state index contributed by atoms with van der Waals surface area (Å²) in [5, 5.41) is 0.798. The van der Waals surface area contributed by atoms with Crippen molar-refractivity contribution in [3.63, 3.8) is 0 Å². The van der Waals surface area contributed by atoms with Crippen LogP contribution in [0.3, 0.4) is 0 Å². The zero-order valence-corrected chi connectivity index (χ0v) is 16.7. The molecule has 4 nitrogen and oxygen atoms in total. The van der Waals surface area contributed by atoms with Crippen molar-refractivity contribution in [2.45, 2.75) is 19.3 Å². The fourth-order valence-electron chi connectivity index (χ4n) is 4.14. The van der Waals surface area contributed by atoms with Crippen molar-refractivity contribution < 1.29 is 9.18 Å². The maximum absolute atomic E-state index is 13.3. The van der Waals surface area contributed by atoms with E-state index in [1.807, 2.05) is 23.1 Å². The molecule has 0 radical (unpaired) electrons. The lowest BCUT2D eigenvalue weighted by Crippen LogP contribution is -2.46. The number of carbonyl (C=O) groups is 1. The molecule has 1 fully saturated rings. The van der Waals surface area contributed by atoms with Crippen molar-refractivity contribution in [1.82, 2.24) is 4.90 Å². The number of hydrogen-bond donors (Lipinski definition) is 0. The number of piperazine rings is 1. The van der Waals surface area contributed by atoms with Gasteiger partial charge in [0.1, 0.15) is 5.82 Å². The van der Waals surface area contributed by atoms with Crippen molar-refractivity contribution in [3.8, 4) is 0 Å². The summed E-state index contributed by atoms with van der Waals surface area (Å²) in [6.07, 6.45) is 2.11. The van der Waals surface area contributed by atoms with Gasteiger partial charge in [0.2, 0.25) is 5.91 Å². The van der Waals surface area contributed by atoms with E-state index in [1.165, 1.54) is 6.07 Å². The van der Waals surface area contributed by atoms with E-state index in [2.05, 4.69) is 15.9 Å². The van der Waals surface area contributed by atoms with Gasteiger partial charge in [-0.2, -0.15) is 0 Å². The van der Waals surface area contributed by atoms with Crippen molar-refractivity contribution in [1.29, 1.82) is 0 Å². The molecule has 2 aliphatic rings. The standard InChI is InChI=1S/C22H25ClFN3O/c23-19-4-1-2-5-21(19)26-14-12-25(13-15-26)10-3-6-22(28)27-11-9-17-16-18(24)7-8-20(17)27/h1-2,4-5,7-8,16H,3,6,9-15H2. The van der Waals surface area contributed by atoms with E-state index in [1.54, 1.807) is 12.1 Å². The van der Waals surface area contributed by atoms with Gasteiger partial charge in [-0.05, 0) is 55.3 Å². The zero-order valence-electron chi connectivity index (χ0n) is 15.9. The van der Waals surface area contributed by atoms with Gasteiger partial charge in [-0.25, -0.2) is 4.39 Å². The number of rotatable bonds is 5. The normalized spacial score (nSPS) is 17.1. The van der Waals surface area contributed by atoms with Crippen LogP contribution in [0.1, 0.15) is 18.4 Å². The molecule has 0 aromatic heterocycles. The Morgan fingerprint density at radius 1 is 1.00 bits per heavy atom. The predicted molar refractivity (Wildman–Crippen MR) is 112 cm³/mol. The van der Waals surface area contributed by atoms with Gasteiger partial charge in [0.25, 0.3) is 0 Å². The Labute approximate surface area is 170 Å². The molecular weight excluding hydrogens is 377 g/mol. The largest absolute Gasteiger partial charge is 0.368 e. The third-order valence-corrected chi connectivity index (χ3v) is 5.99. The van der Waals surface area contributed by atoms with Gasteiger partial charge < -0.3 is 9.80 Å². The number of benzene rings is 2. The molecule has 2 aromatic carbocycles. The average Bonchev–Trinajstić information content (AvgIpc) is 3.12. The van der Waals surface area contributed by atoms with E-state index in [9.17, 15) is 9.18 Å². The second-order valence-electron chi connectivity index (χ2n) is 7.45. The summed E-state index contributed by atoms with van der Waals surface area (Å²) >= 11 is 6.30. The van der Waals surface area contributed by atoms with E-state index in [0.29, 0.717) is 13.0 Å². The summed E-state index contributed by atoms with van der Waals surface area (Å²) < 4.78 is 13.3. The molecule has 0 bridgehead atoms. The van der Waals surface area contributed by atoms with Crippen molar-refractivity contribution in [2.24, 2.45) is 0 Å². The van der Waals surface area contributed by atoms with Crippen LogP contribution < -0.4 is 9.80 Å². The molecule has 0 spiro atoms. The van der Waals surface area contributed by atoms with Crippen LogP contribution in [0.5, 0.6) is 0 Å². The SMILES string of the molecule is O=C(CCCN1CCN(c2ccccc2Cl)CC1)N1CCc2cc(F)ccc21. The first-order chi connectivity index (χ1) is 13.6. The maximum atomic E-state index is 13.3. The van der Waals surface area contributed by atoms with E-state index in [0.717, 1.165) is 67.5 Å². The summed E-state index contributed by atoms with van der Waals surface area (Å²) in [6.45, 7) is 5.43. The Balaban J connectivity index is 1.23. The summed E-state index contributed by atoms with van der Waals surface area (Å²) in [4.78, 5) is 19.1. The Bertz CT molecular complexity index is 851. The van der Waals surface area contributed by atoms with E-state index < -0.39 is 0 Å². The quantitative estimate of drug-likeness (QED) is 0.758. The summed E-state index contributed by atoms with van der Waals surface area (Å²) in [5.41, 5.74) is 2.91. The molecule has 0 N–H and O–H groups in total. The lowest BCUT2D eigenvalue weighted by molar-refractivity contribution is -0.118. The van der Waals surface area contributed by atoms with Gasteiger partial charge in [-0.1, -0.05) is 23.7 Å². The Kier molecular flexibility index (Phi) is 5.83. The molecule has 0 atom stereocenters. The molecule has 2 heterocycles. The lowest BCUT2D eigenvalue weighted by Gasteiger charge is -2.36. The molecule has 0 saturated carbocycles. The van der Waals surface area contributed by atoms with Gasteiger partial charge in [0.05, 0.1) is 10.7 Å². The minimum absolute atomic E-state index is 0.139. The highest BCUT2D eigenvalue weighted by molar-refractivity contribution is 6.33. The number of hydrogen-bond acceptors (Lipinski definition) is 3. The summed E-state index contributed by atoms with van der Waals surface area (Å²) in [6, 6.07) is 12.7. The molecule has 1 saturated heterocycles. The molecule has 6 heteroatoms. The number of anilines is 2. The Morgan fingerprint density at radius 2 is 1.79 bits per heavy atom. The molecule has 4 rings (SSSR count). The van der Waals surface area contributed by atoms with Gasteiger partial charge in [0, 0.05) is 44.8 Å². The van der Waals surface area contributed by atoms with Gasteiger partial charge in [0.15, 0.2) is 0 Å². The first kappa shape index (κ1) is 19.2. The molecule has 28 heavy (non-hydrogen) atoms. The van der Waals surface area contributed by atoms with E-state index >= 15 is 0 Å². The molecule has 2 aliphatic heterocycles. The Morgan fingerprint density at radius 3 is 2.57 bits per heavy atom. The first-order valence-electron chi connectivity index (χ1n) is 9.92. The van der Waals surface area contributed by atoms with Crippen LogP contribution >= 0.6 is 11.6 Å². The fourth-order valence-corrected chi connectivity index (χ4v) is 4.39. The third kappa shape index (κ3) is 4.15. The number of halogens is 2. The second-order valence-corrected chi connectivity index (χ2v) is 7.86. The van der Waals surface area contributed by atoms with Crippen LogP contribution in [-0.4, -0.2) is 50.1 Å². The van der Waals surface area contributed by atoms with Crippen LogP contribution in [-0.2, 0) is 11.2 Å². The highest BCUT2D eigenvalue weighted by atomic mass is 35.5. The average molecular weight is 402 g/mol. The highest BCUT2D eigenvalue weighted by Crippen LogP contribution is 2.29. The number of nitrogens with zero attached hydrogens (tertiary/aromatic N) is 3. The van der Waals surface area contributed by atoms with Crippen LogP contribution in [0.25, 0.3) is 0 Å². The summed E-state index contributed by atoms with van der Waals surface area (Å²) in [7, 11) is 0. The molecule has 0 aliphatic carbocycles. The molecule has 1 amide bonds. The maximum Gasteiger partial charge on any atom is 0.227 e. The van der Waals surface area contributed by atoms with Gasteiger partial charge in [-0.15, -0.1) is 0 Å². The summed E-state index contributed by atoms with van der Waals surface area (Å²) in [5.74, 6) is -0.0935. The number of para-hydroxylation sites is 1. The minimum Gasteiger partial charge on any atom is -0.368 e. The fraction of sp³-hybridized carbons (Fsp3) is 0.409. The van der Waals surface area contributed by atoms with Crippen molar-refractivity contribution in [3.05, 3.63) is 58.9 Å².